The zero-order valence-electron chi connectivity index (χ0n) is 16.0. The van der Waals surface area contributed by atoms with E-state index in [-0.39, 0.29) is 23.5 Å². The maximum absolute atomic E-state index is 14.0. The molecule has 150 valence electrons. The van der Waals surface area contributed by atoms with E-state index in [0.717, 1.165) is 16.3 Å². The standard InChI is InChI=1S/C22H18FN5OS/c1-14(22-28-19(13-30-22)15-8-11-24-12-9-15)26-21(29)16-5-4-10-25-20(16)27-18-7-3-2-6-17(18)23/h2-14H,1H3,(H,25,27)(H,26,29). The number of hydrogen-bond acceptors (Lipinski definition) is 6. The summed E-state index contributed by atoms with van der Waals surface area (Å²) in [6, 6.07) is 13.0. The molecule has 3 aromatic heterocycles. The van der Waals surface area contributed by atoms with E-state index in [4.69, 9.17) is 0 Å². The van der Waals surface area contributed by atoms with Gasteiger partial charge in [-0.05, 0) is 43.3 Å². The predicted molar refractivity (Wildman–Crippen MR) is 115 cm³/mol. The Bertz CT molecular complexity index is 1160. The molecule has 2 N–H and O–H groups in total. The highest BCUT2D eigenvalue weighted by atomic mass is 32.1. The fourth-order valence-corrected chi connectivity index (χ4v) is 3.69. The summed E-state index contributed by atoms with van der Waals surface area (Å²) in [6.07, 6.45) is 4.98. The van der Waals surface area contributed by atoms with E-state index in [1.807, 2.05) is 24.4 Å². The average molecular weight is 419 g/mol. The van der Waals surface area contributed by atoms with Gasteiger partial charge in [-0.3, -0.25) is 9.78 Å². The van der Waals surface area contributed by atoms with E-state index in [9.17, 15) is 9.18 Å². The van der Waals surface area contributed by atoms with Gasteiger partial charge in [0, 0.05) is 29.5 Å². The third-order valence-corrected chi connectivity index (χ3v) is 5.42. The van der Waals surface area contributed by atoms with Crippen molar-refractivity contribution in [1.82, 2.24) is 20.3 Å². The Hall–Kier alpha value is -3.65. The first-order valence-electron chi connectivity index (χ1n) is 9.25. The van der Waals surface area contributed by atoms with E-state index < -0.39 is 5.82 Å². The second kappa shape index (κ2) is 8.79. The number of anilines is 2. The Kier molecular flexibility index (Phi) is 5.76. The summed E-state index contributed by atoms with van der Waals surface area (Å²) in [7, 11) is 0. The molecule has 0 fully saturated rings. The molecule has 0 spiro atoms. The van der Waals surface area contributed by atoms with Crippen molar-refractivity contribution < 1.29 is 9.18 Å². The number of halogens is 1. The van der Waals surface area contributed by atoms with Crippen molar-refractivity contribution in [2.75, 3.05) is 5.32 Å². The van der Waals surface area contributed by atoms with Crippen molar-refractivity contribution in [1.29, 1.82) is 0 Å². The van der Waals surface area contributed by atoms with Gasteiger partial charge < -0.3 is 10.6 Å². The summed E-state index contributed by atoms with van der Waals surface area (Å²) in [5, 5.41) is 8.56. The molecule has 0 radical (unpaired) electrons. The van der Waals surface area contributed by atoms with Gasteiger partial charge in [-0.25, -0.2) is 14.4 Å². The van der Waals surface area contributed by atoms with Crippen LogP contribution in [0.1, 0.15) is 28.3 Å². The van der Waals surface area contributed by atoms with Gasteiger partial charge >= 0.3 is 0 Å². The maximum Gasteiger partial charge on any atom is 0.255 e. The third kappa shape index (κ3) is 4.33. The molecule has 1 atom stereocenters. The number of carbonyl (C=O) groups excluding carboxylic acids is 1. The first-order valence-corrected chi connectivity index (χ1v) is 10.1. The number of amides is 1. The lowest BCUT2D eigenvalue weighted by atomic mass is 10.2. The van der Waals surface area contributed by atoms with Crippen molar-refractivity contribution in [3.8, 4) is 11.3 Å². The second-order valence-corrected chi connectivity index (χ2v) is 7.40. The van der Waals surface area contributed by atoms with Crippen LogP contribution in [0.5, 0.6) is 0 Å². The van der Waals surface area contributed by atoms with Crippen LogP contribution in [0.4, 0.5) is 15.9 Å². The number of pyridine rings is 2. The Morgan fingerprint density at radius 2 is 1.87 bits per heavy atom. The summed E-state index contributed by atoms with van der Waals surface area (Å²) in [6.45, 7) is 1.87. The van der Waals surface area contributed by atoms with Crippen LogP contribution in [0, 0.1) is 5.82 Å². The van der Waals surface area contributed by atoms with E-state index in [2.05, 4.69) is 25.6 Å². The number of hydrogen-bond donors (Lipinski definition) is 2. The normalized spacial score (nSPS) is 11.7. The number of nitrogens with zero attached hydrogens (tertiary/aromatic N) is 3. The highest BCUT2D eigenvalue weighted by molar-refractivity contribution is 7.10. The van der Waals surface area contributed by atoms with Crippen molar-refractivity contribution in [2.24, 2.45) is 0 Å². The summed E-state index contributed by atoms with van der Waals surface area (Å²) in [4.78, 5) is 25.7. The van der Waals surface area contributed by atoms with Crippen molar-refractivity contribution in [3.63, 3.8) is 0 Å². The van der Waals surface area contributed by atoms with Crippen LogP contribution < -0.4 is 10.6 Å². The summed E-state index contributed by atoms with van der Waals surface area (Å²) in [5.41, 5.74) is 2.37. The largest absolute Gasteiger partial charge is 0.343 e. The first kappa shape index (κ1) is 19.7. The van der Waals surface area contributed by atoms with Gasteiger partial charge in [0.2, 0.25) is 0 Å². The lowest BCUT2D eigenvalue weighted by Crippen LogP contribution is -2.27. The van der Waals surface area contributed by atoms with Gasteiger partial charge in [0.15, 0.2) is 0 Å². The van der Waals surface area contributed by atoms with Gasteiger partial charge in [-0.2, -0.15) is 0 Å². The highest BCUT2D eigenvalue weighted by Gasteiger charge is 2.18. The fourth-order valence-electron chi connectivity index (χ4n) is 2.86. The Labute approximate surface area is 176 Å². The van der Waals surface area contributed by atoms with Gasteiger partial charge in [-0.15, -0.1) is 11.3 Å². The lowest BCUT2D eigenvalue weighted by Gasteiger charge is -2.14. The molecule has 1 aromatic carbocycles. The molecule has 8 heteroatoms. The lowest BCUT2D eigenvalue weighted by molar-refractivity contribution is 0.0940. The summed E-state index contributed by atoms with van der Waals surface area (Å²) in [5.74, 6) is -0.465. The van der Waals surface area contributed by atoms with Gasteiger partial charge in [0.25, 0.3) is 5.91 Å². The molecule has 0 aliphatic heterocycles. The summed E-state index contributed by atoms with van der Waals surface area (Å²) < 4.78 is 14.0. The molecule has 1 unspecified atom stereocenters. The Balaban J connectivity index is 1.51. The molecule has 4 rings (SSSR count). The number of benzene rings is 1. The molecule has 0 saturated heterocycles. The van der Waals surface area contributed by atoms with Crippen LogP contribution in [0.25, 0.3) is 11.3 Å². The number of aromatic nitrogens is 3. The number of rotatable bonds is 6. The zero-order chi connectivity index (χ0) is 20.9. The molecule has 0 aliphatic carbocycles. The third-order valence-electron chi connectivity index (χ3n) is 4.40. The monoisotopic (exact) mass is 419 g/mol. The topological polar surface area (TPSA) is 79.8 Å². The van der Waals surface area contributed by atoms with Crippen molar-refractivity contribution in [3.05, 3.63) is 88.9 Å². The van der Waals surface area contributed by atoms with Crippen molar-refractivity contribution >= 4 is 28.7 Å². The van der Waals surface area contributed by atoms with Crippen LogP contribution in [0.15, 0.2) is 72.5 Å². The number of nitrogens with one attached hydrogen (secondary N) is 2. The van der Waals surface area contributed by atoms with Crippen LogP contribution in [0.3, 0.4) is 0 Å². The average Bonchev–Trinajstić information content (AvgIpc) is 3.27. The van der Waals surface area contributed by atoms with Crippen molar-refractivity contribution in [2.45, 2.75) is 13.0 Å². The number of para-hydroxylation sites is 1. The molecule has 4 aromatic rings. The smallest absolute Gasteiger partial charge is 0.255 e. The SMILES string of the molecule is CC(NC(=O)c1cccnc1Nc1ccccc1F)c1nc(-c2ccncc2)cs1. The van der Waals surface area contributed by atoms with E-state index >= 15 is 0 Å². The van der Waals surface area contributed by atoms with Gasteiger partial charge in [0.05, 0.1) is 23.0 Å². The minimum Gasteiger partial charge on any atom is -0.343 e. The minimum atomic E-state index is -0.422. The summed E-state index contributed by atoms with van der Waals surface area (Å²) >= 11 is 1.47. The maximum atomic E-state index is 14.0. The Morgan fingerprint density at radius 1 is 1.07 bits per heavy atom. The molecular formula is C22H18FN5OS. The molecule has 3 heterocycles. The predicted octanol–water partition coefficient (Wildman–Crippen LogP) is 4.97. The van der Waals surface area contributed by atoms with Crippen LogP contribution >= 0.6 is 11.3 Å². The van der Waals surface area contributed by atoms with Crippen LogP contribution in [-0.2, 0) is 0 Å². The quantitative estimate of drug-likeness (QED) is 0.461. The second-order valence-electron chi connectivity index (χ2n) is 6.51. The van der Waals surface area contributed by atoms with Gasteiger partial charge in [-0.1, -0.05) is 12.1 Å². The number of carbonyl (C=O) groups is 1. The molecule has 0 bridgehead atoms. The molecule has 6 nitrogen and oxygen atoms in total. The van der Waals surface area contributed by atoms with Crippen LogP contribution in [0.2, 0.25) is 0 Å². The fraction of sp³-hybridized carbons (Fsp3) is 0.0909. The molecule has 1 amide bonds. The molecular weight excluding hydrogens is 401 g/mol. The number of thiazole rings is 1. The Morgan fingerprint density at radius 3 is 2.67 bits per heavy atom. The first-order chi connectivity index (χ1) is 14.6. The van der Waals surface area contributed by atoms with E-state index in [1.54, 1.807) is 48.9 Å². The molecule has 0 saturated carbocycles. The van der Waals surface area contributed by atoms with Crippen LogP contribution in [-0.4, -0.2) is 20.9 Å². The molecule has 0 aliphatic rings. The minimum absolute atomic E-state index is 0.250. The van der Waals surface area contributed by atoms with E-state index in [1.165, 1.54) is 17.4 Å². The highest BCUT2D eigenvalue weighted by Crippen LogP contribution is 2.26. The van der Waals surface area contributed by atoms with E-state index in [0.29, 0.717) is 5.56 Å². The van der Waals surface area contributed by atoms with Gasteiger partial charge in [0.1, 0.15) is 16.6 Å². The molecule has 30 heavy (non-hydrogen) atoms. The zero-order valence-corrected chi connectivity index (χ0v) is 16.9.